The van der Waals surface area contributed by atoms with Gasteiger partial charge in [0.1, 0.15) is 0 Å². The van der Waals surface area contributed by atoms with Crippen molar-refractivity contribution >= 4 is 16.8 Å². The molecule has 0 radical (unpaired) electrons. The van der Waals surface area contributed by atoms with E-state index in [1.165, 1.54) is 6.07 Å². The van der Waals surface area contributed by atoms with E-state index in [4.69, 9.17) is 0 Å². The molecule has 4 rings (SSSR count). The number of pyridine rings is 1. The smallest absolute Gasteiger partial charge is 0.348 e. The third-order valence-corrected chi connectivity index (χ3v) is 4.85. The lowest BCUT2D eigenvalue weighted by Gasteiger charge is -2.13. The average molecular weight is 370 g/mol. The Morgan fingerprint density at radius 2 is 1.89 bits per heavy atom. The van der Waals surface area contributed by atoms with Crippen LogP contribution in [-0.4, -0.2) is 10.9 Å². The van der Waals surface area contributed by atoms with Gasteiger partial charge in [-0.1, -0.05) is 30.3 Å². The van der Waals surface area contributed by atoms with Crippen molar-refractivity contribution < 1.29 is 18.0 Å². The monoisotopic (exact) mass is 370 g/mol. The Morgan fingerprint density at radius 3 is 2.70 bits per heavy atom. The number of aryl methyl sites for hydroxylation is 1. The standard InChI is InChI=1S/C21H17F3N2O/c22-21(23,24)14-6-3-5-13(11-14)12-25-20(27)19-15-7-1-2-9-17(15)26-18-10-4-8-16(18)19/h1-3,5-7,9,11H,4,8,10,12H2,(H,25,27). The predicted octanol–water partition coefficient (Wildman–Crippen LogP) is 4.67. The van der Waals surface area contributed by atoms with Gasteiger partial charge in [-0.25, -0.2) is 0 Å². The molecular weight excluding hydrogens is 353 g/mol. The zero-order chi connectivity index (χ0) is 19.0. The first-order valence-corrected chi connectivity index (χ1v) is 8.78. The summed E-state index contributed by atoms with van der Waals surface area (Å²) in [6.07, 6.45) is -1.82. The first-order chi connectivity index (χ1) is 12.9. The Hall–Kier alpha value is -2.89. The maximum atomic E-state index is 12.9. The van der Waals surface area contributed by atoms with Crippen LogP contribution in [0.3, 0.4) is 0 Å². The lowest BCUT2D eigenvalue weighted by Crippen LogP contribution is -2.25. The summed E-state index contributed by atoms with van der Waals surface area (Å²) in [5, 5.41) is 3.56. The van der Waals surface area contributed by atoms with E-state index in [2.05, 4.69) is 10.3 Å². The fraction of sp³-hybridized carbons (Fsp3) is 0.238. The highest BCUT2D eigenvalue weighted by Crippen LogP contribution is 2.31. The number of alkyl halides is 3. The van der Waals surface area contributed by atoms with E-state index in [0.29, 0.717) is 11.1 Å². The number of aromatic nitrogens is 1. The van der Waals surface area contributed by atoms with Crippen LogP contribution in [0.5, 0.6) is 0 Å². The molecule has 0 aliphatic heterocycles. The maximum absolute atomic E-state index is 12.9. The molecule has 0 saturated heterocycles. The summed E-state index contributed by atoms with van der Waals surface area (Å²) < 4.78 is 38.6. The van der Waals surface area contributed by atoms with Gasteiger partial charge >= 0.3 is 6.18 Å². The van der Waals surface area contributed by atoms with E-state index >= 15 is 0 Å². The summed E-state index contributed by atoms with van der Waals surface area (Å²) in [4.78, 5) is 17.6. The van der Waals surface area contributed by atoms with E-state index in [0.717, 1.165) is 53.6 Å². The Kier molecular flexibility index (Phi) is 4.34. The topological polar surface area (TPSA) is 42.0 Å². The number of nitrogens with one attached hydrogen (secondary N) is 1. The minimum atomic E-state index is -4.40. The van der Waals surface area contributed by atoms with Crippen LogP contribution in [-0.2, 0) is 25.6 Å². The summed E-state index contributed by atoms with van der Waals surface area (Å²) >= 11 is 0. The molecule has 0 saturated carbocycles. The quantitative estimate of drug-likeness (QED) is 0.728. The predicted molar refractivity (Wildman–Crippen MR) is 96.4 cm³/mol. The van der Waals surface area contributed by atoms with Gasteiger partial charge < -0.3 is 5.32 Å². The largest absolute Gasteiger partial charge is 0.416 e. The van der Waals surface area contributed by atoms with E-state index in [1.807, 2.05) is 24.3 Å². The van der Waals surface area contributed by atoms with Crippen molar-refractivity contribution in [1.29, 1.82) is 0 Å². The van der Waals surface area contributed by atoms with E-state index in [1.54, 1.807) is 6.07 Å². The molecule has 3 nitrogen and oxygen atoms in total. The Labute approximate surface area is 154 Å². The number of benzene rings is 2. The molecular formula is C21H17F3N2O. The van der Waals surface area contributed by atoms with Crippen molar-refractivity contribution in [2.45, 2.75) is 32.0 Å². The van der Waals surface area contributed by atoms with Gasteiger partial charge in [0.15, 0.2) is 0 Å². The Balaban J connectivity index is 1.63. The molecule has 6 heteroatoms. The van der Waals surface area contributed by atoms with E-state index < -0.39 is 11.7 Å². The van der Waals surface area contributed by atoms with Gasteiger partial charge in [-0.05, 0) is 48.6 Å². The molecule has 0 bridgehead atoms. The highest BCUT2D eigenvalue weighted by Gasteiger charge is 2.30. The van der Waals surface area contributed by atoms with Crippen LogP contribution < -0.4 is 5.32 Å². The van der Waals surface area contributed by atoms with Crippen molar-refractivity contribution in [2.24, 2.45) is 0 Å². The average Bonchev–Trinajstić information content (AvgIpc) is 3.11. The van der Waals surface area contributed by atoms with Crippen molar-refractivity contribution in [3.05, 3.63) is 76.5 Å². The van der Waals surface area contributed by atoms with Gasteiger partial charge in [-0.2, -0.15) is 13.2 Å². The molecule has 1 amide bonds. The van der Waals surface area contributed by atoms with Crippen molar-refractivity contribution in [3.8, 4) is 0 Å². The lowest BCUT2D eigenvalue weighted by atomic mass is 10.0. The highest BCUT2D eigenvalue weighted by molar-refractivity contribution is 6.07. The number of carbonyl (C=O) groups is 1. The van der Waals surface area contributed by atoms with Crippen LogP contribution in [0.4, 0.5) is 13.2 Å². The van der Waals surface area contributed by atoms with Gasteiger partial charge in [0.25, 0.3) is 5.91 Å². The van der Waals surface area contributed by atoms with E-state index in [-0.39, 0.29) is 12.5 Å². The number of amides is 1. The fourth-order valence-corrected chi connectivity index (χ4v) is 3.60. The number of hydrogen-bond acceptors (Lipinski definition) is 2. The van der Waals surface area contributed by atoms with Crippen LogP contribution in [0.15, 0.2) is 48.5 Å². The molecule has 0 unspecified atom stereocenters. The van der Waals surface area contributed by atoms with E-state index in [9.17, 15) is 18.0 Å². The number of para-hydroxylation sites is 1. The molecule has 1 N–H and O–H groups in total. The van der Waals surface area contributed by atoms with Crippen LogP contribution >= 0.6 is 0 Å². The zero-order valence-corrected chi connectivity index (χ0v) is 14.4. The van der Waals surface area contributed by atoms with Gasteiger partial charge in [0.05, 0.1) is 16.6 Å². The second-order valence-electron chi connectivity index (χ2n) is 6.66. The molecule has 0 fully saturated rings. The van der Waals surface area contributed by atoms with Gasteiger partial charge in [-0.15, -0.1) is 0 Å². The second kappa shape index (κ2) is 6.68. The molecule has 0 spiro atoms. The minimum absolute atomic E-state index is 0.0359. The maximum Gasteiger partial charge on any atom is 0.416 e. The lowest BCUT2D eigenvalue weighted by molar-refractivity contribution is -0.137. The van der Waals surface area contributed by atoms with Crippen molar-refractivity contribution in [1.82, 2.24) is 10.3 Å². The first-order valence-electron chi connectivity index (χ1n) is 8.78. The molecule has 1 aliphatic rings. The van der Waals surface area contributed by atoms with Crippen molar-refractivity contribution in [2.75, 3.05) is 0 Å². The van der Waals surface area contributed by atoms with Gasteiger partial charge in [-0.3, -0.25) is 9.78 Å². The summed E-state index contributed by atoms with van der Waals surface area (Å²) in [6, 6.07) is 12.5. The molecule has 2 aromatic carbocycles. The Bertz CT molecular complexity index is 1030. The number of hydrogen-bond donors (Lipinski definition) is 1. The third kappa shape index (κ3) is 3.39. The first kappa shape index (κ1) is 17.5. The van der Waals surface area contributed by atoms with Crippen molar-refractivity contribution in [3.63, 3.8) is 0 Å². The van der Waals surface area contributed by atoms with Crippen LogP contribution in [0, 0.1) is 0 Å². The highest BCUT2D eigenvalue weighted by atomic mass is 19.4. The number of halogens is 3. The third-order valence-electron chi connectivity index (χ3n) is 4.85. The molecule has 1 aliphatic carbocycles. The van der Waals surface area contributed by atoms with Crippen LogP contribution in [0.25, 0.3) is 10.9 Å². The number of nitrogens with zero attached hydrogens (tertiary/aromatic N) is 1. The second-order valence-corrected chi connectivity index (χ2v) is 6.66. The number of rotatable bonds is 3. The molecule has 1 aromatic heterocycles. The number of fused-ring (bicyclic) bond motifs is 2. The summed E-state index contributed by atoms with van der Waals surface area (Å²) in [5.74, 6) is -0.274. The van der Waals surface area contributed by atoms with Crippen LogP contribution in [0.1, 0.15) is 39.2 Å². The zero-order valence-electron chi connectivity index (χ0n) is 14.4. The summed E-state index contributed by atoms with van der Waals surface area (Å²) in [7, 11) is 0. The number of carbonyl (C=O) groups excluding carboxylic acids is 1. The molecule has 3 aromatic rings. The molecule has 1 heterocycles. The van der Waals surface area contributed by atoms with Gasteiger partial charge in [0, 0.05) is 17.6 Å². The minimum Gasteiger partial charge on any atom is -0.348 e. The molecule has 138 valence electrons. The summed E-state index contributed by atoms with van der Waals surface area (Å²) in [6.45, 7) is 0.0359. The summed E-state index contributed by atoms with van der Waals surface area (Å²) in [5.41, 5.74) is 2.95. The molecule has 0 atom stereocenters. The SMILES string of the molecule is O=C(NCc1cccc(C(F)(F)F)c1)c1c2c(nc3ccccc13)CCC2. The van der Waals surface area contributed by atoms with Gasteiger partial charge in [0.2, 0.25) is 0 Å². The molecule has 27 heavy (non-hydrogen) atoms. The van der Waals surface area contributed by atoms with Crippen LogP contribution in [0.2, 0.25) is 0 Å². The Morgan fingerprint density at radius 1 is 1.07 bits per heavy atom. The normalized spacial score (nSPS) is 13.6. The fourth-order valence-electron chi connectivity index (χ4n) is 3.60.